The minimum Gasteiger partial charge on any atom is -0.360 e. The van der Waals surface area contributed by atoms with Crippen molar-refractivity contribution in [2.45, 2.75) is 45.1 Å². The molecule has 0 unspecified atom stereocenters. The van der Waals surface area contributed by atoms with Crippen LogP contribution in [0.3, 0.4) is 0 Å². The number of hydrogen-bond acceptors (Lipinski definition) is 4. The summed E-state index contributed by atoms with van der Waals surface area (Å²) in [5.41, 5.74) is 0.240. The van der Waals surface area contributed by atoms with Crippen LogP contribution >= 0.6 is 0 Å². The molecule has 1 saturated carbocycles. The first-order valence-corrected chi connectivity index (χ1v) is 7.00. The Balaban J connectivity index is 2.00. The molecule has 1 aromatic heterocycles. The summed E-state index contributed by atoms with van der Waals surface area (Å²) in [6.45, 7) is 4.01. The van der Waals surface area contributed by atoms with Crippen LogP contribution in [0.1, 0.15) is 55.3 Å². The van der Waals surface area contributed by atoms with Gasteiger partial charge in [0.25, 0.3) is 5.91 Å². The maximum Gasteiger partial charge on any atom is 0.274 e. The van der Waals surface area contributed by atoms with Crippen molar-refractivity contribution in [3.63, 3.8) is 0 Å². The largest absolute Gasteiger partial charge is 0.360 e. The lowest BCUT2D eigenvalue weighted by atomic mass is 10.0. The molecule has 110 valence electrons. The normalized spacial score (nSPS) is 16.0. The number of rotatable bonds is 6. The van der Waals surface area contributed by atoms with E-state index >= 15 is 0 Å². The van der Waals surface area contributed by atoms with Crippen LogP contribution in [0.4, 0.5) is 0 Å². The lowest BCUT2D eigenvalue weighted by Gasteiger charge is -2.18. The average Bonchev–Trinajstić information content (AvgIpc) is 3.14. The molecule has 2 rings (SSSR count). The predicted octanol–water partition coefficient (Wildman–Crippen LogP) is 1.44. The van der Waals surface area contributed by atoms with Gasteiger partial charge in [0.05, 0.1) is 0 Å². The number of carbonyl (C=O) groups is 2. The van der Waals surface area contributed by atoms with Crippen molar-refractivity contribution in [1.29, 1.82) is 0 Å². The molecule has 1 heterocycles. The summed E-state index contributed by atoms with van der Waals surface area (Å²) in [6.07, 6.45) is 2.76. The third kappa shape index (κ3) is 3.59. The minimum atomic E-state index is -0.548. The Bertz CT molecular complexity index is 492. The highest BCUT2D eigenvalue weighted by Gasteiger charge is 2.29. The third-order valence-corrected chi connectivity index (χ3v) is 3.32. The van der Waals surface area contributed by atoms with Crippen molar-refractivity contribution in [2.24, 2.45) is 5.92 Å². The minimum absolute atomic E-state index is 0.196. The molecule has 0 aromatic carbocycles. The van der Waals surface area contributed by atoms with Gasteiger partial charge in [-0.15, -0.1) is 0 Å². The molecule has 1 aromatic rings. The Labute approximate surface area is 118 Å². The maximum absolute atomic E-state index is 12.1. The number of nitrogens with zero attached hydrogens (tertiary/aromatic N) is 1. The van der Waals surface area contributed by atoms with Crippen LogP contribution in [-0.2, 0) is 4.79 Å². The van der Waals surface area contributed by atoms with Crippen molar-refractivity contribution in [3.8, 4) is 0 Å². The van der Waals surface area contributed by atoms with E-state index in [0.29, 0.717) is 18.3 Å². The Morgan fingerprint density at radius 2 is 2.15 bits per heavy atom. The Hall–Kier alpha value is -1.85. The second kappa shape index (κ2) is 6.07. The molecular formula is C14H21N3O3. The SMILES string of the molecule is CNC(=O)[C@@H](CC(C)C)NC(=O)c1cc(C2CC2)on1. The zero-order chi connectivity index (χ0) is 14.7. The fourth-order valence-corrected chi connectivity index (χ4v) is 2.07. The molecule has 0 spiro atoms. The van der Waals surface area contributed by atoms with Crippen LogP contribution in [0.2, 0.25) is 0 Å². The second-order valence-corrected chi connectivity index (χ2v) is 5.66. The molecule has 1 aliphatic carbocycles. The molecular weight excluding hydrogens is 258 g/mol. The lowest BCUT2D eigenvalue weighted by molar-refractivity contribution is -0.122. The summed E-state index contributed by atoms with van der Waals surface area (Å²) in [5, 5.41) is 9.05. The molecule has 2 amide bonds. The van der Waals surface area contributed by atoms with Crippen molar-refractivity contribution >= 4 is 11.8 Å². The molecule has 1 atom stereocenters. The van der Waals surface area contributed by atoms with Crippen molar-refractivity contribution in [3.05, 3.63) is 17.5 Å². The molecule has 6 nitrogen and oxygen atoms in total. The summed E-state index contributed by atoms with van der Waals surface area (Å²) in [4.78, 5) is 23.9. The third-order valence-electron chi connectivity index (χ3n) is 3.32. The van der Waals surface area contributed by atoms with Crippen LogP contribution in [0, 0.1) is 5.92 Å². The van der Waals surface area contributed by atoms with Gasteiger partial charge in [-0.1, -0.05) is 19.0 Å². The number of nitrogens with one attached hydrogen (secondary N) is 2. The van der Waals surface area contributed by atoms with Gasteiger partial charge in [0.2, 0.25) is 5.91 Å². The fraction of sp³-hybridized carbons (Fsp3) is 0.643. The molecule has 0 radical (unpaired) electrons. The Kier molecular flexibility index (Phi) is 4.42. The van der Waals surface area contributed by atoms with Gasteiger partial charge < -0.3 is 15.2 Å². The Morgan fingerprint density at radius 3 is 2.70 bits per heavy atom. The molecule has 20 heavy (non-hydrogen) atoms. The zero-order valence-electron chi connectivity index (χ0n) is 12.1. The van der Waals surface area contributed by atoms with Gasteiger partial charge in [-0.05, 0) is 25.2 Å². The van der Waals surface area contributed by atoms with Crippen LogP contribution in [0.5, 0.6) is 0 Å². The first kappa shape index (κ1) is 14.6. The van der Waals surface area contributed by atoms with Crippen molar-refractivity contribution in [2.75, 3.05) is 7.05 Å². The standard InChI is InChI=1S/C14H21N3O3/c1-8(2)6-10(13(18)15-3)16-14(19)11-7-12(20-17-11)9-4-5-9/h7-10H,4-6H2,1-3H3,(H,15,18)(H,16,19)/t10-/m1/s1. The second-order valence-electron chi connectivity index (χ2n) is 5.66. The van der Waals surface area contributed by atoms with Gasteiger partial charge in [0, 0.05) is 19.0 Å². The van der Waals surface area contributed by atoms with E-state index in [1.807, 2.05) is 13.8 Å². The summed E-state index contributed by atoms with van der Waals surface area (Å²) in [6, 6.07) is 1.12. The average molecular weight is 279 g/mol. The quantitative estimate of drug-likeness (QED) is 0.825. The van der Waals surface area contributed by atoms with E-state index in [2.05, 4.69) is 15.8 Å². The first-order valence-electron chi connectivity index (χ1n) is 7.00. The van der Waals surface area contributed by atoms with Crippen LogP contribution in [0.25, 0.3) is 0 Å². The monoisotopic (exact) mass is 279 g/mol. The van der Waals surface area contributed by atoms with E-state index in [0.717, 1.165) is 18.6 Å². The van der Waals surface area contributed by atoms with Crippen LogP contribution in [0.15, 0.2) is 10.6 Å². The number of amides is 2. The van der Waals surface area contributed by atoms with E-state index in [1.54, 1.807) is 13.1 Å². The summed E-state index contributed by atoms with van der Waals surface area (Å²) in [7, 11) is 1.56. The lowest BCUT2D eigenvalue weighted by Crippen LogP contribution is -2.46. The van der Waals surface area contributed by atoms with E-state index in [4.69, 9.17) is 4.52 Å². The van der Waals surface area contributed by atoms with Crippen molar-refractivity contribution in [1.82, 2.24) is 15.8 Å². The number of aromatic nitrogens is 1. The molecule has 1 aliphatic rings. The van der Waals surface area contributed by atoms with E-state index in [1.165, 1.54) is 0 Å². The topological polar surface area (TPSA) is 84.2 Å². The summed E-state index contributed by atoms with van der Waals surface area (Å²) in [5.74, 6) is 0.912. The number of hydrogen-bond donors (Lipinski definition) is 2. The van der Waals surface area contributed by atoms with Gasteiger partial charge in [0.1, 0.15) is 11.8 Å². The van der Waals surface area contributed by atoms with E-state index in [9.17, 15) is 9.59 Å². The first-order chi connectivity index (χ1) is 9.51. The van der Waals surface area contributed by atoms with Gasteiger partial charge in [0.15, 0.2) is 5.69 Å². The maximum atomic E-state index is 12.1. The highest BCUT2D eigenvalue weighted by molar-refractivity contribution is 5.96. The van der Waals surface area contributed by atoms with E-state index in [-0.39, 0.29) is 17.5 Å². The van der Waals surface area contributed by atoms with Crippen molar-refractivity contribution < 1.29 is 14.1 Å². The molecule has 1 fully saturated rings. The molecule has 0 bridgehead atoms. The fourth-order valence-electron chi connectivity index (χ4n) is 2.07. The van der Waals surface area contributed by atoms with E-state index < -0.39 is 6.04 Å². The summed E-state index contributed by atoms with van der Waals surface area (Å²) >= 11 is 0. The molecule has 0 saturated heterocycles. The summed E-state index contributed by atoms with van der Waals surface area (Å²) < 4.78 is 5.15. The molecule has 2 N–H and O–H groups in total. The predicted molar refractivity (Wildman–Crippen MR) is 73.3 cm³/mol. The zero-order valence-corrected chi connectivity index (χ0v) is 12.1. The highest BCUT2D eigenvalue weighted by Crippen LogP contribution is 2.40. The molecule has 6 heteroatoms. The highest BCUT2D eigenvalue weighted by atomic mass is 16.5. The van der Waals surface area contributed by atoms with Crippen LogP contribution in [-0.4, -0.2) is 30.1 Å². The Morgan fingerprint density at radius 1 is 1.45 bits per heavy atom. The number of carbonyl (C=O) groups excluding carboxylic acids is 2. The van der Waals surface area contributed by atoms with Gasteiger partial charge >= 0.3 is 0 Å². The smallest absolute Gasteiger partial charge is 0.274 e. The van der Waals surface area contributed by atoms with Gasteiger partial charge in [-0.3, -0.25) is 9.59 Å². The van der Waals surface area contributed by atoms with Gasteiger partial charge in [-0.25, -0.2) is 0 Å². The van der Waals surface area contributed by atoms with Crippen LogP contribution < -0.4 is 10.6 Å². The van der Waals surface area contributed by atoms with Gasteiger partial charge in [-0.2, -0.15) is 0 Å². The number of likely N-dealkylation sites (N-methyl/N-ethyl adjacent to an activating group) is 1. The molecule has 0 aliphatic heterocycles.